The van der Waals surface area contributed by atoms with Crippen molar-refractivity contribution in [2.24, 2.45) is 0 Å². The summed E-state index contributed by atoms with van der Waals surface area (Å²) in [5.41, 5.74) is 0. The molecule has 0 rings (SSSR count). The van der Waals surface area contributed by atoms with Crippen LogP contribution in [-0.4, -0.2) is 11.9 Å². The van der Waals surface area contributed by atoms with E-state index in [0.717, 1.165) is 0 Å². The topological polar surface area (TPSA) is 43.4 Å². The third kappa shape index (κ3) is 6.26. The molecule has 0 aliphatic rings. The molecule has 0 aliphatic carbocycles. The average Bonchev–Trinajstić information content (AvgIpc) is 1.87. The minimum Gasteiger partial charge on any atom is -1.00 e. The molecule has 0 heterocycles. The van der Waals surface area contributed by atoms with E-state index in [1.807, 2.05) is 0 Å². The van der Waals surface area contributed by atoms with Crippen molar-refractivity contribution >= 4 is 11.9 Å². The van der Waals surface area contributed by atoms with Crippen molar-refractivity contribution in [3.05, 3.63) is 0 Å². The van der Waals surface area contributed by atoms with Gasteiger partial charge in [-0.2, -0.15) is 0 Å². The summed E-state index contributed by atoms with van der Waals surface area (Å²) in [6.45, 7) is 3.29. The van der Waals surface area contributed by atoms with Crippen molar-refractivity contribution in [1.29, 1.82) is 0 Å². The summed E-state index contributed by atoms with van der Waals surface area (Å²) in [6.07, 6.45) is 0.511. The van der Waals surface area contributed by atoms with Gasteiger partial charge >= 0.3 is 41.5 Å². The van der Waals surface area contributed by atoms with Crippen molar-refractivity contribution < 1.29 is 45.3 Å². The van der Waals surface area contributed by atoms with Crippen LogP contribution >= 0.6 is 0 Å². The zero-order valence-corrected chi connectivity index (χ0v) is 8.64. The Hall–Kier alpha value is 0.140. The van der Waals surface area contributed by atoms with Crippen LogP contribution in [0.4, 0.5) is 0 Å². The van der Waals surface area contributed by atoms with Gasteiger partial charge in [0.1, 0.15) is 0 Å². The van der Waals surface area contributed by atoms with Crippen LogP contribution in [0.3, 0.4) is 0 Å². The number of esters is 2. The summed E-state index contributed by atoms with van der Waals surface area (Å²) >= 11 is 0. The smallest absolute Gasteiger partial charge is 1.00 e. The predicted octanol–water partition coefficient (Wildman–Crippen LogP) is -2.01. The molecule has 0 atom stereocenters. The summed E-state index contributed by atoms with van der Waals surface area (Å²) in [6, 6.07) is 0. The second-order valence-electron chi connectivity index (χ2n) is 1.55. The Balaban J connectivity index is -0.000000320. The molecule has 0 unspecified atom stereocenters. The summed E-state index contributed by atoms with van der Waals surface area (Å²) in [7, 11) is 0. The number of hydrogen-bond donors (Lipinski definition) is 0. The van der Waals surface area contributed by atoms with Gasteiger partial charge in [-0.3, -0.25) is 9.59 Å². The molecule has 54 valence electrons. The molecule has 0 radical (unpaired) electrons. The van der Waals surface area contributed by atoms with Gasteiger partial charge in [0.2, 0.25) is 0 Å². The Morgan fingerprint density at radius 2 is 1.50 bits per heavy atom. The summed E-state index contributed by atoms with van der Waals surface area (Å²) in [4.78, 5) is 20.7. The van der Waals surface area contributed by atoms with Crippen molar-refractivity contribution in [3.8, 4) is 0 Å². The number of carbonyl (C=O) groups excluding carboxylic acids is 2. The first-order valence-corrected chi connectivity index (χ1v) is 2.94. The molecule has 0 aromatic rings. The van der Waals surface area contributed by atoms with Gasteiger partial charge in [0.15, 0.2) is 0 Å². The van der Waals surface area contributed by atoms with E-state index >= 15 is 0 Å². The molecular formula is C6H11NaO3. The van der Waals surface area contributed by atoms with Gasteiger partial charge in [-0.1, -0.05) is 13.8 Å². The molecule has 0 amide bonds. The van der Waals surface area contributed by atoms with Gasteiger partial charge in [-0.25, -0.2) is 0 Å². The second-order valence-corrected chi connectivity index (χ2v) is 1.55. The molecule has 0 N–H and O–H groups in total. The maximum absolute atomic E-state index is 10.3. The minimum absolute atomic E-state index is 0. The largest absolute Gasteiger partial charge is 1.00 e. The summed E-state index contributed by atoms with van der Waals surface area (Å²) < 4.78 is 4.27. The predicted molar refractivity (Wildman–Crippen MR) is 32.8 cm³/mol. The zero-order chi connectivity index (χ0) is 7.28. The molecule has 0 fully saturated rings. The molecule has 0 aliphatic heterocycles. The molecule has 0 bridgehead atoms. The van der Waals surface area contributed by atoms with Gasteiger partial charge in [0.05, 0.1) is 0 Å². The van der Waals surface area contributed by atoms with Gasteiger partial charge in [0, 0.05) is 12.8 Å². The van der Waals surface area contributed by atoms with Crippen LogP contribution in [0.1, 0.15) is 28.1 Å². The molecule has 3 nitrogen and oxygen atoms in total. The molecule has 0 saturated carbocycles. The molecular weight excluding hydrogens is 143 g/mol. The standard InChI is InChI=1S/C6H10O3.Na.H/c1-3-5(7)9-6(8)4-2;;/h3-4H2,1-2H3;;/q;+1;-1. The van der Waals surface area contributed by atoms with Crippen molar-refractivity contribution in [2.45, 2.75) is 26.7 Å². The van der Waals surface area contributed by atoms with E-state index in [1.165, 1.54) is 0 Å². The van der Waals surface area contributed by atoms with Crippen LogP contribution in [-0.2, 0) is 14.3 Å². The SMILES string of the molecule is CCC(=O)OC(=O)CC.[H-].[Na+]. The first kappa shape index (κ1) is 12.8. The Bertz CT molecular complexity index is 113. The Morgan fingerprint density at radius 3 is 1.70 bits per heavy atom. The molecule has 0 aromatic heterocycles. The summed E-state index contributed by atoms with van der Waals surface area (Å²) in [5, 5.41) is 0. The van der Waals surface area contributed by atoms with Crippen molar-refractivity contribution in [1.82, 2.24) is 0 Å². The molecule has 4 heteroatoms. The molecule has 10 heavy (non-hydrogen) atoms. The zero-order valence-electron chi connectivity index (χ0n) is 7.64. The van der Waals surface area contributed by atoms with E-state index in [4.69, 9.17) is 0 Å². The molecule has 0 spiro atoms. The third-order valence-electron chi connectivity index (χ3n) is 0.805. The van der Waals surface area contributed by atoms with Crippen LogP contribution < -0.4 is 29.6 Å². The van der Waals surface area contributed by atoms with Crippen LogP contribution in [0.2, 0.25) is 0 Å². The van der Waals surface area contributed by atoms with Gasteiger partial charge in [-0.05, 0) is 0 Å². The monoisotopic (exact) mass is 154 g/mol. The van der Waals surface area contributed by atoms with Crippen LogP contribution in [0, 0.1) is 0 Å². The van der Waals surface area contributed by atoms with Crippen molar-refractivity contribution in [2.75, 3.05) is 0 Å². The number of hydrogen-bond acceptors (Lipinski definition) is 3. The normalized spacial score (nSPS) is 7.80. The van der Waals surface area contributed by atoms with Crippen LogP contribution in [0.15, 0.2) is 0 Å². The third-order valence-corrected chi connectivity index (χ3v) is 0.805. The van der Waals surface area contributed by atoms with E-state index in [0.29, 0.717) is 0 Å². The van der Waals surface area contributed by atoms with Crippen LogP contribution in [0.25, 0.3) is 0 Å². The Kier molecular flexibility index (Phi) is 9.27. The minimum atomic E-state index is -0.457. The fourth-order valence-electron chi connectivity index (χ4n) is 0.271. The average molecular weight is 154 g/mol. The first-order chi connectivity index (χ1) is 4.20. The Labute approximate surface area is 83.9 Å². The number of ether oxygens (including phenoxy) is 1. The quantitative estimate of drug-likeness (QED) is 0.262. The van der Waals surface area contributed by atoms with E-state index in [9.17, 15) is 9.59 Å². The second kappa shape index (κ2) is 7.25. The van der Waals surface area contributed by atoms with E-state index in [1.54, 1.807) is 13.8 Å². The van der Waals surface area contributed by atoms with Gasteiger partial charge in [0.25, 0.3) is 0 Å². The fourth-order valence-corrected chi connectivity index (χ4v) is 0.271. The fraction of sp³-hybridized carbons (Fsp3) is 0.667. The number of rotatable bonds is 2. The van der Waals surface area contributed by atoms with Crippen molar-refractivity contribution in [3.63, 3.8) is 0 Å². The number of carbonyl (C=O) groups is 2. The maximum Gasteiger partial charge on any atom is 1.00 e. The Morgan fingerprint density at radius 1 is 1.20 bits per heavy atom. The van der Waals surface area contributed by atoms with Crippen LogP contribution in [0.5, 0.6) is 0 Å². The first-order valence-electron chi connectivity index (χ1n) is 2.94. The van der Waals surface area contributed by atoms with Gasteiger partial charge < -0.3 is 6.16 Å². The van der Waals surface area contributed by atoms with E-state index in [-0.39, 0.29) is 43.8 Å². The van der Waals surface area contributed by atoms with E-state index < -0.39 is 11.9 Å². The maximum atomic E-state index is 10.3. The molecule has 0 aromatic carbocycles. The summed E-state index contributed by atoms with van der Waals surface area (Å²) in [5.74, 6) is -0.913. The van der Waals surface area contributed by atoms with E-state index in [2.05, 4.69) is 4.74 Å². The van der Waals surface area contributed by atoms with Gasteiger partial charge in [-0.15, -0.1) is 0 Å². The molecule has 0 saturated heterocycles.